The van der Waals surface area contributed by atoms with Gasteiger partial charge in [0.25, 0.3) is 0 Å². The first kappa shape index (κ1) is 51.0. The van der Waals surface area contributed by atoms with Gasteiger partial charge in [-0.3, -0.25) is 4.79 Å². The molecule has 378 valence electrons. The van der Waals surface area contributed by atoms with Crippen LogP contribution in [0.4, 0.5) is 0 Å². The molecule has 3 heterocycles. The van der Waals surface area contributed by atoms with Crippen LogP contribution in [0.2, 0.25) is 0 Å². The van der Waals surface area contributed by atoms with E-state index >= 15 is 0 Å². The number of ether oxygens (including phenoxy) is 6. The highest BCUT2D eigenvalue weighted by Gasteiger charge is 2.69. The molecule has 0 bridgehead atoms. The Labute approximate surface area is 391 Å². The maximum Gasteiger partial charge on any atom is 0.226 e. The van der Waals surface area contributed by atoms with E-state index < -0.39 is 92.6 Å². The van der Waals surface area contributed by atoms with Crippen molar-refractivity contribution in [1.82, 2.24) is 5.32 Å². The van der Waals surface area contributed by atoms with E-state index in [4.69, 9.17) is 28.4 Å². The van der Waals surface area contributed by atoms with Gasteiger partial charge in [-0.25, -0.2) is 0 Å². The van der Waals surface area contributed by atoms with Crippen molar-refractivity contribution < 1.29 is 74.1 Å². The average Bonchev–Trinajstić information content (AvgIpc) is 3.26. The van der Waals surface area contributed by atoms with E-state index in [1.54, 1.807) is 0 Å². The molecule has 0 radical (unpaired) electrons. The minimum atomic E-state index is -1.74. The monoisotopic (exact) mass is 938 g/mol. The smallest absolute Gasteiger partial charge is 0.226 e. The number of aliphatic hydroxyl groups is 8. The van der Waals surface area contributed by atoms with Gasteiger partial charge in [-0.1, -0.05) is 67.0 Å². The van der Waals surface area contributed by atoms with E-state index in [9.17, 15) is 45.6 Å². The number of allylic oxidation sites excluding steroid dienone is 2. The second-order valence-corrected chi connectivity index (χ2v) is 24.0. The molecule has 66 heavy (non-hydrogen) atoms. The van der Waals surface area contributed by atoms with Crippen molar-refractivity contribution in [2.75, 3.05) is 19.8 Å². The first-order chi connectivity index (χ1) is 30.9. The maximum atomic E-state index is 14.2. The summed E-state index contributed by atoms with van der Waals surface area (Å²) in [4.78, 5) is 14.2. The summed E-state index contributed by atoms with van der Waals surface area (Å²) >= 11 is 0. The van der Waals surface area contributed by atoms with E-state index in [1.165, 1.54) is 12.5 Å². The van der Waals surface area contributed by atoms with Crippen molar-refractivity contribution >= 4 is 5.91 Å². The Morgan fingerprint density at radius 3 is 2.09 bits per heavy atom. The van der Waals surface area contributed by atoms with Crippen LogP contribution in [0.5, 0.6) is 0 Å². The highest BCUT2D eigenvalue weighted by Crippen LogP contribution is 2.76. The Morgan fingerprint density at radius 1 is 0.742 bits per heavy atom. The fourth-order valence-electron chi connectivity index (χ4n) is 15.2. The first-order valence-electron chi connectivity index (χ1n) is 25.2. The van der Waals surface area contributed by atoms with Crippen molar-refractivity contribution in [3.8, 4) is 0 Å². The number of fused-ring (bicyclic) bond motifs is 7. The third-order valence-corrected chi connectivity index (χ3v) is 19.5. The Kier molecular flexibility index (Phi) is 14.2. The molecule has 9 N–H and O–H groups in total. The van der Waals surface area contributed by atoms with Crippen molar-refractivity contribution in [3.63, 3.8) is 0 Å². The molecule has 0 aromatic heterocycles. The summed E-state index contributed by atoms with van der Waals surface area (Å²) in [6, 6.07) is 0. The van der Waals surface area contributed by atoms with Gasteiger partial charge >= 0.3 is 0 Å². The molecule has 0 aromatic rings. The van der Waals surface area contributed by atoms with Gasteiger partial charge in [-0.05, 0) is 122 Å². The SMILES string of the molecule is CCCNC(=O)[C@]12CCC(C)(C)CC1C1=CCC3[C@@]4(C)CCC(O[C@@H]5OC[C@H](O[C@H]6O[C@H](CO)[C@@H](O)[C@H](O)[C@H]6O)[C@H](O)[C@H]5O[C@@H]5O[C@@H](C)[C@H](O)[C@@H](O)[C@H]5O)C(C)(C)C4CC[C@@]3(C)[C@]1(C)CC2. The molecule has 4 saturated carbocycles. The molecule has 22 atom stereocenters. The zero-order valence-corrected chi connectivity index (χ0v) is 40.8. The third-order valence-electron chi connectivity index (χ3n) is 19.5. The summed E-state index contributed by atoms with van der Waals surface area (Å²) in [5.74, 6) is 1.13. The largest absolute Gasteiger partial charge is 0.394 e. The van der Waals surface area contributed by atoms with Crippen LogP contribution < -0.4 is 5.32 Å². The van der Waals surface area contributed by atoms with Crippen LogP contribution in [0.25, 0.3) is 0 Å². The van der Waals surface area contributed by atoms with Crippen LogP contribution in [-0.2, 0) is 33.2 Å². The van der Waals surface area contributed by atoms with Gasteiger partial charge in [-0.15, -0.1) is 0 Å². The van der Waals surface area contributed by atoms with E-state index in [0.717, 1.165) is 64.2 Å². The number of carbonyl (C=O) groups is 1. The van der Waals surface area contributed by atoms with Crippen LogP contribution >= 0.6 is 0 Å². The highest BCUT2D eigenvalue weighted by atomic mass is 16.8. The van der Waals surface area contributed by atoms with Gasteiger partial charge < -0.3 is 74.6 Å². The molecule has 0 spiro atoms. The standard InChI is InChI=1S/C50H83NO15/c1-10-21-51-44(60)50-19-17-45(3,4)22-27(50)26-11-12-31-47(7)15-14-32(46(5,6)30(47)13-16-49(31,9)48(26,8)18-20-50)65-43-40(66-41-38(58)36(56)33(53)25(2)62-41)35(55)29(24-61-43)64-42-39(59)37(57)34(54)28(23-52)63-42/h11,25,27-43,52-59H,10,12-24H2,1-9H3,(H,51,60)/t25-,27?,28+,29-,30?,31?,32?,33-,34+,35-,36+,37-,38+,39+,40+,41-,42+,43-,47-,48+,49+,50-/m0/s1. The number of nitrogens with one attached hydrogen (secondary N) is 1. The van der Waals surface area contributed by atoms with Crippen molar-refractivity contribution in [3.05, 3.63) is 11.6 Å². The number of hydrogen-bond acceptors (Lipinski definition) is 15. The summed E-state index contributed by atoms with van der Waals surface area (Å²) in [6.45, 7) is 20.2. The summed E-state index contributed by atoms with van der Waals surface area (Å²) in [5, 5.41) is 88.8. The van der Waals surface area contributed by atoms with Gasteiger partial charge in [0, 0.05) is 6.54 Å². The fourth-order valence-corrected chi connectivity index (χ4v) is 15.2. The molecule has 3 aliphatic heterocycles. The normalized spacial score (nSPS) is 52.2. The molecular formula is C50H83NO15. The molecular weight excluding hydrogens is 855 g/mol. The number of carbonyl (C=O) groups excluding carboxylic acids is 1. The molecule has 16 nitrogen and oxygen atoms in total. The summed E-state index contributed by atoms with van der Waals surface area (Å²) in [6.07, 6.45) is -7.86. The molecule has 0 aromatic carbocycles. The molecule has 7 fully saturated rings. The minimum Gasteiger partial charge on any atom is -0.394 e. The number of aliphatic hydroxyl groups excluding tert-OH is 8. The predicted octanol–water partition coefficient (Wildman–Crippen LogP) is 2.81. The van der Waals surface area contributed by atoms with Crippen molar-refractivity contribution in [2.45, 2.75) is 225 Å². The lowest BCUT2D eigenvalue weighted by molar-refractivity contribution is -0.380. The van der Waals surface area contributed by atoms with Gasteiger partial charge in [0.15, 0.2) is 18.9 Å². The Morgan fingerprint density at radius 2 is 1.41 bits per heavy atom. The predicted molar refractivity (Wildman–Crippen MR) is 239 cm³/mol. The van der Waals surface area contributed by atoms with E-state index in [-0.39, 0.29) is 62.9 Å². The second-order valence-electron chi connectivity index (χ2n) is 24.0. The molecule has 5 aliphatic carbocycles. The summed E-state index contributed by atoms with van der Waals surface area (Å²) < 4.78 is 36.9. The second kappa shape index (κ2) is 18.4. The third kappa shape index (κ3) is 8.18. The van der Waals surface area contributed by atoms with Crippen LogP contribution in [-0.4, -0.2) is 159 Å². The van der Waals surface area contributed by atoms with E-state index in [0.29, 0.717) is 18.9 Å². The Bertz CT molecular complexity index is 1780. The van der Waals surface area contributed by atoms with Crippen LogP contribution in [0.1, 0.15) is 133 Å². The quantitative estimate of drug-likeness (QED) is 0.113. The maximum absolute atomic E-state index is 14.2. The zero-order chi connectivity index (χ0) is 48.1. The van der Waals surface area contributed by atoms with Gasteiger partial charge in [0.1, 0.15) is 61.0 Å². The molecule has 1 amide bonds. The van der Waals surface area contributed by atoms with E-state index in [2.05, 4.69) is 66.8 Å². The summed E-state index contributed by atoms with van der Waals surface area (Å²) in [5.41, 5.74) is 0.869. The Hall–Kier alpha value is -1.35. The summed E-state index contributed by atoms with van der Waals surface area (Å²) in [7, 11) is 0. The van der Waals surface area contributed by atoms with Gasteiger partial charge in [-0.2, -0.15) is 0 Å². The molecule has 16 heteroatoms. The minimum absolute atomic E-state index is 0.0152. The molecule has 8 rings (SSSR count). The number of hydrogen-bond donors (Lipinski definition) is 9. The Balaban J connectivity index is 1.04. The lowest BCUT2D eigenvalue weighted by Crippen LogP contribution is -2.66. The zero-order valence-electron chi connectivity index (χ0n) is 40.8. The van der Waals surface area contributed by atoms with Gasteiger partial charge in [0.2, 0.25) is 5.91 Å². The average molecular weight is 938 g/mol. The fraction of sp³-hybridized carbons (Fsp3) is 0.940. The van der Waals surface area contributed by atoms with Crippen molar-refractivity contribution in [2.24, 2.45) is 50.2 Å². The lowest BCUT2D eigenvalue weighted by atomic mass is 9.33. The van der Waals surface area contributed by atoms with Gasteiger partial charge in [0.05, 0.1) is 30.8 Å². The lowest BCUT2D eigenvalue weighted by Gasteiger charge is -2.71. The van der Waals surface area contributed by atoms with Crippen LogP contribution in [0.15, 0.2) is 11.6 Å². The molecule has 3 saturated heterocycles. The van der Waals surface area contributed by atoms with Crippen LogP contribution in [0, 0.1) is 50.2 Å². The van der Waals surface area contributed by atoms with Crippen molar-refractivity contribution in [1.29, 1.82) is 0 Å². The highest BCUT2D eigenvalue weighted by molar-refractivity contribution is 5.84. The van der Waals surface area contributed by atoms with E-state index in [1.807, 2.05) is 0 Å². The number of amides is 1. The first-order valence-corrected chi connectivity index (χ1v) is 25.2. The van der Waals surface area contributed by atoms with Crippen LogP contribution in [0.3, 0.4) is 0 Å². The topological polar surface area (TPSA) is 246 Å². The number of rotatable bonds is 10. The molecule has 8 aliphatic rings. The molecule has 4 unspecified atom stereocenters.